The third-order valence-corrected chi connectivity index (χ3v) is 2.36. The molecular formula is C10H16O. The van der Waals surface area contributed by atoms with E-state index in [4.69, 9.17) is 0 Å². The second-order valence-corrected chi connectivity index (χ2v) is 3.33. The lowest BCUT2D eigenvalue weighted by atomic mass is 9.86. The van der Waals surface area contributed by atoms with Gasteiger partial charge in [0.2, 0.25) is 0 Å². The standard InChI is InChI=1S/C10H16O/c1-3-4-9-6-5-8(2)10(11)7-9/h3,5,9-11H,1,4,6-7H2,2H3. The summed E-state index contributed by atoms with van der Waals surface area (Å²) in [7, 11) is 0. The molecule has 0 aromatic heterocycles. The first kappa shape index (κ1) is 8.54. The highest BCUT2D eigenvalue weighted by Gasteiger charge is 2.18. The fourth-order valence-electron chi connectivity index (χ4n) is 1.51. The second-order valence-electron chi connectivity index (χ2n) is 3.33. The van der Waals surface area contributed by atoms with Gasteiger partial charge in [-0.2, -0.15) is 0 Å². The van der Waals surface area contributed by atoms with Gasteiger partial charge >= 0.3 is 0 Å². The van der Waals surface area contributed by atoms with Crippen molar-refractivity contribution in [2.75, 3.05) is 0 Å². The van der Waals surface area contributed by atoms with E-state index >= 15 is 0 Å². The highest BCUT2D eigenvalue weighted by molar-refractivity contribution is 5.09. The molecule has 0 radical (unpaired) electrons. The van der Waals surface area contributed by atoms with Crippen molar-refractivity contribution in [3.8, 4) is 0 Å². The topological polar surface area (TPSA) is 20.2 Å². The molecule has 1 heteroatoms. The molecule has 1 N–H and O–H groups in total. The van der Waals surface area contributed by atoms with Crippen LogP contribution < -0.4 is 0 Å². The minimum atomic E-state index is -0.200. The summed E-state index contributed by atoms with van der Waals surface area (Å²) in [6.07, 6.45) is 6.92. The number of aliphatic hydroxyl groups excluding tert-OH is 1. The van der Waals surface area contributed by atoms with Crippen LogP contribution in [-0.2, 0) is 0 Å². The SMILES string of the molecule is C=CCC1CC=C(C)C(O)C1. The maximum absolute atomic E-state index is 9.47. The molecule has 0 heterocycles. The van der Waals surface area contributed by atoms with Crippen molar-refractivity contribution in [3.63, 3.8) is 0 Å². The van der Waals surface area contributed by atoms with Gasteiger partial charge in [0.25, 0.3) is 0 Å². The van der Waals surface area contributed by atoms with E-state index in [9.17, 15) is 5.11 Å². The minimum absolute atomic E-state index is 0.200. The first-order valence-electron chi connectivity index (χ1n) is 4.19. The van der Waals surface area contributed by atoms with Gasteiger partial charge in [0, 0.05) is 0 Å². The predicted octanol–water partition coefficient (Wildman–Crippen LogP) is 2.28. The van der Waals surface area contributed by atoms with Crippen LogP contribution in [0.3, 0.4) is 0 Å². The molecule has 0 aromatic carbocycles. The van der Waals surface area contributed by atoms with Gasteiger partial charge < -0.3 is 5.11 Å². The maximum Gasteiger partial charge on any atom is 0.0750 e. The fourth-order valence-corrected chi connectivity index (χ4v) is 1.51. The van der Waals surface area contributed by atoms with Crippen molar-refractivity contribution in [1.29, 1.82) is 0 Å². The Labute approximate surface area is 68.4 Å². The van der Waals surface area contributed by atoms with E-state index in [1.165, 1.54) is 0 Å². The molecule has 0 saturated heterocycles. The minimum Gasteiger partial charge on any atom is -0.389 e. The summed E-state index contributed by atoms with van der Waals surface area (Å²) in [5.41, 5.74) is 1.13. The number of rotatable bonds is 2. The van der Waals surface area contributed by atoms with E-state index in [-0.39, 0.29) is 6.10 Å². The van der Waals surface area contributed by atoms with Crippen LogP contribution in [0.5, 0.6) is 0 Å². The molecule has 0 fully saturated rings. The average Bonchev–Trinajstić information content (AvgIpc) is 1.98. The van der Waals surface area contributed by atoms with E-state index in [0.29, 0.717) is 5.92 Å². The van der Waals surface area contributed by atoms with Gasteiger partial charge in [-0.1, -0.05) is 12.2 Å². The summed E-state index contributed by atoms with van der Waals surface area (Å²) in [5, 5.41) is 9.47. The van der Waals surface area contributed by atoms with Gasteiger partial charge in [0.15, 0.2) is 0 Å². The van der Waals surface area contributed by atoms with Crippen LogP contribution in [0.1, 0.15) is 26.2 Å². The lowest BCUT2D eigenvalue weighted by molar-refractivity contribution is 0.166. The summed E-state index contributed by atoms with van der Waals surface area (Å²) in [5.74, 6) is 0.617. The molecule has 62 valence electrons. The zero-order valence-corrected chi connectivity index (χ0v) is 7.09. The van der Waals surface area contributed by atoms with E-state index < -0.39 is 0 Å². The molecule has 0 amide bonds. The third-order valence-electron chi connectivity index (χ3n) is 2.36. The highest BCUT2D eigenvalue weighted by Crippen LogP contribution is 2.26. The average molecular weight is 152 g/mol. The summed E-state index contributed by atoms with van der Waals surface area (Å²) < 4.78 is 0. The Morgan fingerprint density at radius 3 is 3.09 bits per heavy atom. The highest BCUT2D eigenvalue weighted by atomic mass is 16.3. The summed E-state index contributed by atoms with van der Waals surface area (Å²) in [6, 6.07) is 0. The maximum atomic E-state index is 9.47. The summed E-state index contributed by atoms with van der Waals surface area (Å²) >= 11 is 0. The Morgan fingerprint density at radius 2 is 2.55 bits per heavy atom. The third kappa shape index (κ3) is 2.19. The molecule has 1 rings (SSSR count). The summed E-state index contributed by atoms with van der Waals surface area (Å²) in [6.45, 7) is 5.69. The molecule has 0 aromatic rings. The molecule has 1 aliphatic rings. The van der Waals surface area contributed by atoms with E-state index in [1.807, 2.05) is 13.0 Å². The van der Waals surface area contributed by atoms with Crippen molar-refractivity contribution in [2.24, 2.45) is 5.92 Å². The smallest absolute Gasteiger partial charge is 0.0750 e. The monoisotopic (exact) mass is 152 g/mol. The molecule has 1 nitrogen and oxygen atoms in total. The van der Waals surface area contributed by atoms with Gasteiger partial charge in [-0.25, -0.2) is 0 Å². The molecule has 11 heavy (non-hydrogen) atoms. The molecule has 2 atom stereocenters. The van der Waals surface area contributed by atoms with E-state index in [2.05, 4.69) is 12.7 Å². The Hall–Kier alpha value is -0.560. The van der Waals surface area contributed by atoms with Crippen LogP contribution in [0.25, 0.3) is 0 Å². The van der Waals surface area contributed by atoms with Crippen molar-refractivity contribution in [1.82, 2.24) is 0 Å². The Balaban J connectivity index is 2.48. The lowest BCUT2D eigenvalue weighted by Crippen LogP contribution is -2.18. The van der Waals surface area contributed by atoms with Crippen LogP contribution in [-0.4, -0.2) is 11.2 Å². The number of hydrogen-bond donors (Lipinski definition) is 1. The number of aliphatic hydroxyl groups is 1. The Kier molecular flexibility index (Phi) is 2.89. The van der Waals surface area contributed by atoms with Crippen molar-refractivity contribution < 1.29 is 5.11 Å². The molecule has 0 bridgehead atoms. The Morgan fingerprint density at radius 1 is 1.82 bits per heavy atom. The van der Waals surface area contributed by atoms with Gasteiger partial charge in [-0.05, 0) is 37.7 Å². The quantitative estimate of drug-likeness (QED) is 0.602. The number of allylic oxidation sites excluding steroid dienone is 2. The van der Waals surface area contributed by atoms with E-state index in [1.54, 1.807) is 0 Å². The first-order valence-corrected chi connectivity index (χ1v) is 4.19. The van der Waals surface area contributed by atoms with Crippen LogP contribution in [0.2, 0.25) is 0 Å². The zero-order chi connectivity index (χ0) is 8.27. The fraction of sp³-hybridized carbons (Fsp3) is 0.600. The molecule has 0 aliphatic heterocycles. The zero-order valence-electron chi connectivity index (χ0n) is 7.09. The van der Waals surface area contributed by atoms with Gasteiger partial charge in [0.05, 0.1) is 6.10 Å². The van der Waals surface area contributed by atoms with Gasteiger partial charge in [-0.3, -0.25) is 0 Å². The molecular weight excluding hydrogens is 136 g/mol. The van der Waals surface area contributed by atoms with Crippen LogP contribution in [0.4, 0.5) is 0 Å². The van der Waals surface area contributed by atoms with Crippen LogP contribution in [0, 0.1) is 5.92 Å². The molecule has 1 aliphatic carbocycles. The predicted molar refractivity (Wildman–Crippen MR) is 47.3 cm³/mol. The summed E-state index contributed by atoms with van der Waals surface area (Å²) in [4.78, 5) is 0. The second kappa shape index (κ2) is 3.72. The largest absolute Gasteiger partial charge is 0.389 e. The van der Waals surface area contributed by atoms with E-state index in [0.717, 1.165) is 24.8 Å². The number of hydrogen-bond acceptors (Lipinski definition) is 1. The molecule has 0 spiro atoms. The normalized spacial score (nSPS) is 31.3. The van der Waals surface area contributed by atoms with Crippen LogP contribution >= 0.6 is 0 Å². The van der Waals surface area contributed by atoms with Crippen LogP contribution in [0.15, 0.2) is 24.3 Å². The van der Waals surface area contributed by atoms with Crippen molar-refractivity contribution >= 4 is 0 Å². The first-order chi connectivity index (χ1) is 5.24. The molecule has 0 saturated carbocycles. The van der Waals surface area contributed by atoms with Gasteiger partial charge in [0.1, 0.15) is 0 Å². The van der Waals surface area contributed by atoms with Gasteiger partial charge in [-0.15, -0.1) is 6.58 Å². The lowest BCUT2D eigenvalue weighted by Gasteiger charge is -2.23. The van der Waals surface area contributed by atoms with Crippen molar-refractivity contribution in [3.05, 3.63) is 24.3 Å². The molecule has 2 unspecified atom stereocenters. The Bertz CT molecular complexity index is 170. The van der Waals surface area contributed by atoms with Crippen molar-refractivity contribution in [2.45, 2.75) is 32.3 Å².